The second kappa shape index (κ2) is 5.72. The molecule has 19 heavy (non-hydrogen) atoms. The molecular weight excluding hydrogens is 274 g/mol. The van der Waals surface area contributed by atoms with Gasteiger partial charge in [-0.25, -0.2) is 14.2 Å². The summed E-state index contributed by atoms with van der Waals surface area (Å²) in [4.78, 5) is 14.5. The quantitative estimate of drug-likeness (QED) is 0.678. The van der Waals surface area contributed by atoms with Gasteiger partial charge in [0.25, 0.3) is 5.88 Å². The molecule has 1 aromatic rings. The molecule has 0 aromatic carbocycles. The molecule has 9 heteroatoms. The van der Waals surface area contributed by atoms with Crippen molar-refractivity contribution >= 4 is 5.97 Å². The van der Waals surface area contributed by atoms with Gasteiger partial charge in [0, 0.05) is 0 Å². The minimum absolute atomic E-state index is 0.0684. The molecule has 1 N–H and O–H groups in total. The summed E-state index contributed by atoms with van der Waals surface area (Å²) in [6.45, 7) is 0.154. The van der Waals surface area contributed by atoms with Crippen molar-refractivity contribution in [3.63, 3.8) is 0 Å². The minimum atomic E-state index is -5.13. The molecule has 1 rings (SSSR count). The molecule has 0 unspecified atom stereocenters. The monoisotopic (exact) mass is 283 g/mol. The highest BCUT2D eigenvalue weighted by Gasteiger charge is 2.34. The van der Waals surface area contributed by atoms with Crippen LogP contribution < -0.4 is 4.74 Å². The lowest BCUT2D eigenvalue weighted by atomic mass is 10.2. The second-order valence-electron chi connectivity index (χ2n) is 3.22. The number of alkyl halides is 4. The van der Waals surface area contributed by atoms with Crippen LogP contribution in [0.15, 0.2) is 6.07 Å². The van der Waals surface area contributed by atoms with Crippen molar-refractivity contribution in [2.75, 3.05) is 6.61 Å². The molecule has 0 aliphatic carbocycles. The Balaban J connectivity index is 3.24. The van der Waals surface area contributed by atoms with Crippen molar-refractivity contribution in [1.82, 2.24) is 4.98 Å². The Kier molecular flexibility index (Phi) is 4.52. The third-order valence-corrected chi connectivity index (χ3v) is 1.86. The number of ether oxygens (including phenoxy) is 2. The maximum Gasteiger partial charge on any atom is 0.574 e. The van der Waals surface area contributed by atoms with Gasteiger partial charge in [-0.1, -0.05) is 0 Å². The molecule has 0 fully saturated rings. The number of hydrogen-bond acceptors (Lipinski definition) is 5. The largest absolute Gasteiger partial charge is 0.574 e. The fourth-order valence-corrected chi connectivity index (χ4v) is 1.18. The maximum absolute atomic E-state index is 12.5. The Morgan fingerprint density at radius 1 is 1.47 bits per heavy atom. The van der Waals surface area contributed by atoms with E-state index in [1.165, 1.54) is 6.92 Å². The Bertz CT molecular complexity index is 475. The Labute approximate surface area is 104 Å². The first-order chi connectivity index (χ1) is 8.78. The number of carbonyl (C=O) groups excluding carboxylic acids is 1. The lowest BCUT2D eigenvalue weighted by molar-refractivity contribution is -0.276. The van der Waals surface area contributed by atoms with Gasteiger partial charge >= 0.3 is 12.3 Å². The van der Waals surface area contributed by atoms with Gasteiger partial charge in [-0.2, -0.15) is 0 Å². The number of nitrogens with zero attached hydrogens (tertiary/aromatic N) is 1. The molecule has 5 nitrogen and oxygen atoms in total. The molecule has 1 heterocycles. The van der Waals surface area contributed by atoms with Crippen molar-refractivity contribution in [2.45, 2.75) is 20.0 Å². The molecule has 106 valence electrons. The van der Waals surface area contributed by atoms with Crippen LogP contribution in [0.25, 0.3) is 0 Å². The fraction of sp³-hybridized carbons (Fsp3) is 0.400. The van der Waals surface area contributed by atoms with Crippen molar-refractivity contribution in [1.29, 1.82) is 0 Å². The molecule has 0 aliphatic heterocycles. The van der Waals surface area contributed by atoms with E-state index in [0.717, 1.165) is 6.07 Å². The summed E-state index contributed by atoms with van der Waals surface area (Å²) in [7, 11) is 0. The fourth-order valence-electron chi connectivity index (χ4n) is 1.18. The summed E-state index contributed by atoms with van der Waals surface area (Å²) in [6, 6.07) is 0.788. The molecule has 0 aliphatic rings. The van der Waals surface area contributed by atoms with E-state index in [9.17, 15) is 27.5 Å². The van der Waals surface area contributed by atoms with Crippen LogP contribution in [0.5, 0.6) is 11.6 Å². The number of hydrogen-bond donors (Lipinski definition) is 1. The molecule has 0 amide bonds. The highest BCUT2D eigenvalue weighted by molar-refractivity contribution is 5.93. The predicted molar refractivity (Wildman–Crippen MR) is 53.4 cm³/mol. The molecular formula is C10H9F4NO4. The molecule has 0 saturated carbocycles. The van der Waals surface area contributed by atoms with E-state index < -0.39 is 41.9 Å². The van der Waals surface area contributed by atoms with Crippen LogP contribution in [0.1, 0.15) is 23.0 Å². The first-order valence-electron chi connectivity index (χ1n) is 5.00. The van der Waals surface area contributed by atoms with Gasteiger partial charge in [-0.15, -0.1) is 13.2 Å². The number of carbonyl (C=O) groups is 1. The summed E-state index contributed by atoms with van der Waals surface area (Å²) in [5.41, 5.74) is -1.15. The molecule has 0 radical (unpaired) electrons. The summed E-state index contributed by atoms with van der Waals surface area (Å²) >= 11 is 0. The van der Waals surface area contributed by atoms with Crippen LogP contribution >= 0.6 is 0 Å². The van der Waals surface area contributed by atoms with Crippen LogP contribution in [-0.4, -0.2) is 29.0 Å². The lowest BCUT2D eigenvalue weighted by Crippen LogP contribution is -2.19. The average Bonchev–Trinajstić information content (AvgIpc) is 2.30. The Hall–Kier alpha value is -2.06. The van der Waals surface area contributed by atoms with Crippen LogP contribution in [0, 0.1) is 0 Å². The van der Waals surface area contributed by atoms with E-state index in [4.69, 9.17) is 0 Å². The van der Waals surface area contributed by atoms with Crippen LogP contribution in [0.3, 0.4) is 0 Å². The molecule has 0 atom stereocenters. The summed E-state index contributed by atoms with van der Waals surface area (Å²) in [5.74, 6) is -3.57. The first kappa shape index (κ1) is 15.0. The molecule has 0 bridgehead atoms. The molecule has 0 spiro atoms. The van der Waals surface area contributed by atoms with Crippen molar-refractivity contribution in [3.05, 3.63) is 17.3 Å². The number of pyridine rings is 1. The van der Waals surface area contributed by atoms with Crippen molar-refractivity contribution in [3.8, 4) is 11.6 Å². The van der Waals surface area contributed by atoms with E-state index >= 15 is 0 Å². The topological polar surface area (TPSA) is 68.7 Å². The highest BCUT2D eigenvalue weighted by Crippen LogP contribution is 2.33. The maximum atomic E-state index is 12.5. The number of halogens is 4. The second-order valence-corrected chi connectivity index (χ2v) is 3.22. The average molecular weight is 283 g/mol. The zero-order valence-electron chi connectivity index (χ0n) is 9.62. The van der Waals surface area contributed by atoms with Gasteiger partial charge in [-0.3, -0.25) is 0 Å². The van der Waals surface area contributed by atoms with Crippen molar-refractivity contribution < 1.29 is 36.9 Å². The minimum Gasteiger partial charge on any atom is -0.502 e. The zero-order valence-corrected chi connectivity index (χ0v) is 9.62. The summed E-state index contributed by atoms with van der Waals surface area (Å²) < 4.78 is 56.5. The third kappa shape index (κ3) is 3.97. The van der Waals surface area contributed by atoms with Gasteiger partial charge in [0.05, 0.1) is 12.3 Å². The van der Waals surface area contributed by atoms with Crippen LogP contribution in [0.2, 0.25) is 0 Å². The van der Waals surface area contributed by atoms with E-state index in [1.807, 2.05) is 0 Å². The summed E-state index contributed by atoms with van der Waals surface area (Å²) in [6.07, 6.45) is -5.13. The zero-order chi connectivity index (χ0) is 14.6. The molecule has 1 aromatic heterocycles. The van der Waals surface area contributed by atoms with Gasteiger partial charge in [-0.05, 0) is 13.0 Å². The van der Waals surface area contributed by atoms with E-state index in [0.29, 0.717) is 0 Å². The lowest BCUT2D eigenvalue weighted by Gasteiger charge is -2.12. The van der Waals surface area contributed by atoms with Gasteiger partial charge in [0.2, 0.25) is 0 Å². The van der Waals surface area contributed by atoms with E-state index in [-0.39, 0.29) is 6.61 Å². The number of esters is 1. The SMILES string of the molecule is CCOC(=O)c1cc(CF)nc(OC(F)(F)F)c1O. The third-order valence-electron chi connectivity index (χ3n) is 1.86. The van der Waals surface area contributed by atoms with E-state index in [2.05, 4.69) is 14.5 Å². The Morgan fingerprint density at radius 2 is 2.11 bits per heavy atom. The van der Waals surface area contributed by atoms with Gasteiger partial charge in [0.1, 0.15) is 12.2 Å². The number of aromatic nitrogens is 1. The predicted octanol–water partition coefficient (Wildman–Crippen LogP) is 2.33. The van der Waals surface area contributed by atoms with Crippen LogP contribution in [-0.2, 0) is 11.4 Å². The van der Waals surface area contributed by atoms with Gasteiger partial charge < -0.3 is 14.6 Å². The smallest absolute Gasteiger partial charge is 0.502 e. The van der Waals surface area contributed by atoms with Gasteiger partial charge in [0.15, 0.2) is 5.75 Å². The first-order valence-corrected chi connectivity index (χ1v) is 5.00. The normalized spacial score (nSPS) is 11.2. The Morgan fingerprint density at radius 3 is 2.58 bits per heavy atom. The summed E-state index contributed by atoms with van der Waals surface area (Å²) in [5, 5.41) is 9.46. The molecule has 0 saturated heterocycles. The number of aromatic hydroxyl groups is 1. The van der Waals surface area contributed by atoms with E-state index in [1.54, 1.807) is 0 Å². The van der Waals surface area contributed by atoms with Crippen molar-refractivity contribution in [2.24, 2.45) is 0 Å². The highest BCUT2D eigenvalue weighted by atomic mass is 19.4. The standard InChI is InChI=1S/C10H9F4NO4/c1-2-18-9(17)6-3-5(4-11)15-8(7(6)16)19-10(12,13)14/h3,16H,2,4H2,1H3. The van der Waals surface area contributed by atoms with Crippen LogP contribution in [0.4, 0.5) is 17.6 Å². The number of rotatable bonds is 4.